The summed E-state index contributed by atoms with van der Waals surface area (Å²) in [6.07, 6.45) is 0. The second kappa shape index (κ2) is 5.21. The van der Waals surface area contributed by atoms with Crippen LogP contribution in [0.4, 0.5) is 0 Å². The number of ether oxygens (including phenoxy) is 2. The van der Waals surface area contributed by atoms with Crippen molar-refractivity contribution in [2.45, 2.75) is 26.8 Å². The molecule has 1 aliphatic heterocycles. The highest BCUT2D eigenvalue weighted by atomic mass is 16.5. The first kappa shape index (κ1) is 12.0. The lowest BCUT2D eigenvalue weighted by atomic mass is 10.1. The number of nitrogens with zero attached hydrogens (tertiary/aromatic N) is 1. The molecule has 1 aliphatic rings. The van der Waals surface area contributed by atoms with E-state index in [4.69, 9.17) is 9.47 Å². The molecular weight excluding hydrogens is 214 g/mol. The van der Waals surface area contributed by atoms with E-state index in [-0.39, 0.29) is 6.04 Å². The third kappa shape index (κ3) is 2.78. The van der Waals surface area contributed by atoms with Gasteiger partial charge in [0.1, 0.15) is 12.4 Å². The van der Waals surface area contributed by atoms with E-state index in [1.807, 2.05) is 31.2 Å². The quantitative estimate of drug-likeness (QED) is 0.800. The lowest BCUT2D eigenvalue weighted by Crippen LogP contribution is -2.13. The molecule has 0 saturated carbocycles. The fourth-order valence-corrected chi connectivity index (χ4v) is 1.75. The van der Waals surface area contributed by atoms with E-state index in [0.29, 0.717) is 19.1 Å². The van der Waals surface area contributed by atoms with Crippen LogP contribution in [0.25, 0.3) is 0 Å². The predicted molar refractivity (Wildman–Crippen MR) is 68.7 cm³/mol. The molecule has 0 aliphatic carbocycles. The van der Waals surface area contributed by atoms with Crippen LogP contribution in [0.3, 0.4) is 0 Å². The summed E-state index contributed by atoms with van der Waals surface area (Å²) in [5, 5.41) is 0. The van der Waals surface area contributed by atoms with Crippen molar-refractivity contribution in [3.8, 4) is 5.75 Å². The Morgan fingerprint density at radius 2 is 2.06 bits per heavy atom. The second-order valence-corrected chi connectivity index (χ2v) is 4.51. The van der Waals surface area contributed by atoms with Crippen molar-refractivity contribution in [1.82, 2.24) is 0 Å². The summed E-state index contributed by atoms with van der Waals surface area (Å²) >= 11 is 0. The third-order valence-electron chi connectivity index (χ3n) is 2.86. The fraction of sp³-hybridized carbons (Fsp3) is 0.500. The first-order chi connectivity index (χ1) is 8.20. The molecule has 0 saturated heterocycles. The molecule has 92 valence electrons. The molecule has 3 heteroatoms. The van der Waals surface area contributed by atoms with Crippen molar-refractivity contribution in [1.29, 1.82) is 0 Å². The van der Waals surface area contributed by atoms with E-state index in [1.165, 1.54) is 0 Å². The molecule has 3 nitrogen and oxygen atoms in total. The van der Waals surface area contributed by atoms with Crippen LogP contribution in [-0.4, -0.2) is 25.2 Å². The van der Waals surface area contributed by atoms with Gasteiger partial charge in [0, 0.05) is 5.56 Å². The first-order valence-electron chi connectivity index (χ1n) is 6.14. The van der Waals surface area contributed by atoms with Crippen LogP contribution >= 0.6 is 0 Å². The third-order valence-corrected chi connectivity index (χ3v) is 2.86. The number of benzene rings is 1. The van der Waals surface area contributed by atoms with Crippen molar-refractivity contribution >= 4 is 5.90 Å². The number of hydrogen-bond acceptors (Lipinski definition) is 3. The highest BCUT2D eigenvalue weighted by Crippen LogP contribution is 2.19. The van der Waals surface area contributed by atoms with Gasteiger partial charge in [0.05, 0.1) is 12.6 Å². The molecule has 0 fully saturated rings. The van der Waals surface area contributed by atoms with Crippen LogP contribution in [0.5, 0.6) is 5.75 Å². The van der Waals surface area contributed by atoms with Gasteiger partial charge in [-0.2, -0.15) is 0 Å². The van der Waals surface area contributed by atoms with Gasteiger partial charge in [0.2, 0.25) is 5.90 Å². The van der Waals surface area contributed by atoms with E-state index < -0.39 is 0 Å². The van der Waals surface area contributed by atoms with E-state index in [9.17, 15) is 0 Å². The van der Waals surface area contributed by atoms with Gasteiger partial charge in [0.15, 0.2) is 0 Å². The summed E-state index contributed by atoms with van der Waals surface area (Å²) < 4.78 is 11.0. The van der Waals surface area contributed by atoms with E-state index in [2.05, 4.69) is 18.8 Å². The molecule has 0 amide bonds. The Morgan fingerprint density at radius 1 is 1.35 bits per heavy atom. The average Bonchev–Trinajstić information content (AvgIpc) is 2.80. The zero-order valence-electron chi connectivity index (χ0n) is 10.6. The molecule has 0 unspecified atom stereocenters. The summed E-state index contributed by atoms with van der Waals surface area (Å²) in [4.78, 5) is 4.59. The van der Waals surface area contributed by atoms with Gasteiger partial charge >= 0.3 is 0 Å². The minimum Gasteiger partial charge on any atom is -0.494 e. The normalized spacial score (nSPS) is 19.1. The van der Waals surface area contributed by atoms with E-state index in [0.717, 1.165) is 17.2 Å². The van der Waals surface area contributed by atoms with Gasteiger partial charge in [-0.25, -0.2) is 4.99 Å². The van der Waals surface area contributed by atoms with Gasteiger partial charge in [-0.1, -0.05) is 13.8 Å². The number of rotatable bonds is 4. The summed E-state index contributed by atoms with van der Waals surface area (Å²) in [5.74, 6) is 2.16. The largest absolute Gasteiger partial charge is 0.494 e. The number of aliphatic imine (C=N–C) groups is 1. The fourth-order valence-electron chi connectivity index (χ4n) is 1.75. The minimum absolute atomic E-state index is 0.288. The predicted octanol–water partition coefficient (Wildman–Crippen LogP) is 2.89. The summed E-state index contributed by atoms with van der Waals surface area (Å²) in [6.45, 7) is 7.69. The number of hydrogen-bond donors (Lipinski definition) is 0. The topological polar surface area (TPSA) is 30.8 Å². The lowest BCUT2D eigenvalue weighted by Gasteiger charge is -2.06. The van der Waals surface area contributed by atoms with Gasteiger partial charge in [-0.15, -0.1) is 0 Å². The maximum absolute atomic E-state index is 5.62. The van der Waals surface area contributed by atoms with Crippen LogP contribution in [0.2, 0.25) is 0 Å². The molecule has 2 rings (SSSR count). The molecule has 1 aromatic rings. The summed E-state index contributed by atoms with van der Waals surface area (Å²) in [7, 11) is 0. The summed E-state index contributed by atoms with van der Waals surface area (Å²) in [6, 6.07) is 8.18. The Morgan fingerprint density at radius 3 is 2.59 bits per heavy atom. The molecule has 0 N–H and O–H groups in total. The lowest BCUT2D eigenvalue weighted by molar-refractivity contribution is 0.292. The molecular formula is C14H19NO2. The van der Waals surface area contributed by atoms with Gasteiger partial charge in [-0.05, 0) is 37.1 Å². The Bertz CT molecular complexity index is 395. The highest BCUT2D eigenvalue weighted by Gasteiger charge is 2.22. The minimum atomic E-state index is 0.288. The molecule has 0 radical (unpaired) electrons. The molecule has 0 spiro atoms. The van der Waals surface area contributed by atoms with Crippen molar-refractivity contribution in [3.63, 3.8) is 0 Å². The van der Waals surface area contributed by atoms with Gasteiger partial charge in [0.25, 0.3) is 0 Å². The van der Waals surface area contributed by atoms with E-state index >= 15 is 0 Å². The van der Waals surface area contributed by atoms with Crippen LogP contribution in [0.15, 0.2) is 29.3 Å². The zero-order valence-corrected chi connectivity index (χ0v) is 10.6. The van der Waals surface area contributed by atoms with Crippen LogP contribution in [0.1, 0.15) is 26.3 Å². The molecule has 0 aromatic heterocycles. The average molecular weight is 233 g/mol. The smallest absolute Gasteiger partial charge is 0.216 e. The summed E-state index contributed by atoms with van der Waals surface area (Å²) in [5.41, 5.74) is 1.02. The Kier molecular flexibility index (Phi) is 3.67. The Labute approximate surface area is 102 Å². The zero-order chi connectivity index (χ0) is 12.3. The monoisotopic (exact) mass is 233 g/mol. The first-order valence-corrected chi connectivity index (χ1v) is 6.14. The Hall–Kier alpha value is -1.51. The van der Waals surface area contributed by atoms with Crippen molar-refractivity contribution in [2.24, 2.45) is 10.9 Å². The maximum Gasteiger partial charge on any atom is 0.216 e. The standard InChI is InChI=1S/C14H19NO2/c1-4-16-12-7-5-11(6-8-12)14-15-13(9-17-14)10(2)3/h5-8,10,13H,4,9H2,1-3H3/t13-/m0/s1. The van der Waals surface area contributed by atoms with E-state index in [1.54, 1.807) is 0 Å². The maximum atomic E-state index is 5.62. The molecule has 1 heterocycles. The molecule has 17 heavy (non-hydrogen) atoms. The second-order valence-electron chi connectivity index (χ2n) is 4.51. The van der Waals surface area contributed by atoms with Crippen molar-refractivity contribution in [3.05, 3.63) is 29.8 Å². The molecule has 1 aromatic carbocycles. The van der Waals surface area contributed by atoms with Gasteiger partial charge < -0.3 is 9.47 Å². The van der Waals surface area contributed by atoms with Crippen molar-refractivity contribution < 1.29 is 9.47 Å². The SMILES string of the molecule is CCOc1ccc(C2=N[C@H](C(C)C)CO2)cc1. The van der Waals surface area contributed by atoms with Gasteiger partial charge in [-0.3, -0.25) is 0 Å². The highest BCUT2D eigenvalue weighted by molar-refractivity contribution is 5.95. The van der Waals surface area contributed by atoms with Crippen LogP contribution in [-0.2, 0) is 4.74 Å². The molecule has 0 bridgehead atoms. The van der Waals surface area contributed by atoms with Crippen LogP contribution in [0, 0.1) is 5.92 Å². The van der Waals surface area contributed by atoms with Crippen LogP contribution < -0.4 is 4.74 Å². The molecule has 1 atom stereocenters. The van der Waals surface area contributed by atoms with Crippen molar-refractivity contribution in [2.75, 3.05) is 13.2 Å². The Balaban J connectivity index is 2.10.